The predicted octanol–water partition coefficient (Wildman–Crippen LogP) is 0.406. The van der Waals surface area contributed by atoms with Gasteiger partial charge < -0.3 is 15.1 Å². The fraction of sp³-hybridized carbons (Fsp3) is 0.714. The molecule has 20 heavy (non-hydrogen) atoms. The summed E-state index contributed by atoms with van der Waals surface area (Å²) in [4.78, 5) is 14.1. The van der Waals surface area contributed by atoms with Crippen LogP contribution < -0.4 is 0 Å². The monoisotopic (exact) mass is 281 g/mol. The van der Waals surface area contributed by atoms with Crippen LogP contribution in [0.25, 0.3) is 0 Å². The summed E-state index contributed by atoms with van der Waals surface area (Å²) in [5, 5.41) is 24.0. The lowest BCUT2D eigenvalue weighted by atomic mass is 9.74. The molecule has 1 aromatic rings. The van der Waals surface area contributed by atoms with Crippen LogP contribution in [0.3, 0.4) is 0 Å². The number of carbonyl (C=O) groups excluding carboxylic acids is 1. The average molecular weight is 281 g/mol. The van der Waals surface area contributed by atoms with E-state index < -0.39 is 11.5 Å². The van der Waals surface area contributed by atoms with Crippen molar-refractivity contribution in [2.45, 2.75) is 32.3 Å². The van der Waals surface area contributed by atoms with E-state index in [1.807, 2.05) is 6.92 Å². The molecule has 1 aromatic heterocycles. The quantitative estimate of drug-likeness (QED) is 0.837. The fourth-order valence-electron chi connectivity index (χ4n) is 2.99. The zero-order chi connectivity index (χ0) is 14.8. The van der Waals surface area contributed by atoms with Crippen LogP contribution in [0.5, 0.6) is 0 Å². The minimum Gasteiger partial charge on any atom is -0.396 e. The summed E-state index contributed by atoms with van der Waals surface area (Å²) in [7, 11) is 1.77. The van der Waals surface area contributed by atoms with E-state index in [1.54, 1.807) is 28.9 Å². The van der Waals surface area contributed by atoms with Gasteiger partial charge in [-0.1, -0.05) is 13.3 Å². The molecule has 1 aliphatic heterocycles. The molecule has 2 atom stereocenters. The van der Waals surface area contributed by atoms with Crippen molar-refractivity contribution in [1.29, 1.82) is 0 Å². The molecule has 0 spiro atoms. The van der Waals surface area contributed by atoms with Crippen molar-refractivity contribution in [3.63, 3.8) is 0 Å². The van der Waals surface area contributed by atoms with E-state index in [-0.39, 0.29) is 12.5 Å². The summed E-state index contributed by atoms with van der Waals surface area (Å²) in [6, 6.07) is 1.69. The normalized spacial score (nSPS) is 26.8. The molecule has 1 aliphatic rings. The third kappa shape index (κ3) is 2.71. The summed E-state index contributed by atoms with van der Waals surface area (Å²) in [6.45, 7) is 2.80. The number of aliphatic hydroxyl groups is 2. The number of hydrogen-bond donors (Lipinski definition) is 2. The molecule has 0 saturated carbocycles. The van der Waals surface area contributed by atoms with Crippen LogP contribution in [0.1, 0.15) is 36.7 Å². The minimum atomic E-state index is -0.600. The summed E-state index contributed by atoms with van der Waals surface area (Å²) in [6.07, 6.45) is 3.25. The minimum absolute atomic E-state index is 0.103. The largest absolute Gasteiger partial charge is 0.396 e. The van der Waals surface area contributed by atoms with E-state index in [1.165, 1.54) is 0 Å². The molecule has 2 heterocycles. The number of amides is 1. The van der Waals surface area contributed by atoms with Crippen LogP contribution in [-0.4, -0.2) is 56.6 Å². The third-order valence-corrected chi connectivity index (χ3v) is 4.17. The average Bonchev–Trinajstić information content (AvgIpc) is 2.87. The number of carbonyl (C=O) groups is 1. The van der Waals surface area contributed by atoms with E-state index in [9.17, 15) is 15.0 Å². The van der Waals surface area contributed by atoms with Gasteiger partial charge in [-0.05, 0) is 18.9 Å². The molecule has 6 heteroatoms. The van der Waals surface area contributed by atoms with Gasteiger partial charge in [0.1, 0.15) is 5.69 Å². The van der Waals surface area contributed by atoms with E-state index >= 15 is 0 Å². The Labute approximate surface area is 119 Å². The third-order valence-electron chi connectivity index (χ3n) is 4.17. The molecule has 0 radical (unpaired) electrons. The fourth-order valence-corrected chi connectivity index (χ4v) is 2.99. The van der Waals surface area contributed by atoms with Crippen molar-refractivity contribution in [3.8, 4) is 0 Å². The number of nitrogens with zero attached hydrogens (tertiary/aromatic N) is 3. The molecule has 0 unspecified atom stereocenters. The maximum absolute atomic E-state index is 12.4. The van der Waals surface area contributed by atoms with Gasteiger partial charge in [-0.15, -0.1) is 0 Å². The lowest BCUT2D eigenvalue weighted by Crippen LogP contribution is -2.55. The first-order valence-electron chi connectivity index (χ1n) is 7.10. The highest BCUT2D eigenvalue weighted by atomic mass is 16.3. The van der Waals surface area contributed by atoms with Crippen LogP contribution >= 0.6 is 0 Å². The van der Waals surface area contributed by atoms with Crippen molar-refractivity contribution >= 4 is 5.91 Å². The number of aryl methyl sites for hydroxylation is 1. The van der Waals surface area contributed by atoms with E-state index in [0.717, 1.165) is 6.42 Å². The van der Waals surface area contributed by atoms with Crippen LogP contribution in [0.2, 0.25) is 0 Å². The number of hydrogen-bond acceptors (Lipinski definition) is 4. The topological polar surface area (TPSA) is 78.6 Å². The van der Waals surface area contributed by atoms with Crippen molar-refractivity contribution in [3.05, 3.63) is 18.0 Å². The van der Waals surface area contributed by atoms with Gasteiger partial charge in [0.2, 0.25) is 0 Å². The lowest BCUT2D eigenvalue weighted by Gasteiger charge is -2.45. The number of rotatable bonds is 4. The molecule has 1 amide bonds. The van der Waals surface area contributed by atoms with Crippen molar-refractivity contribution in [1.82, 2.24) is 14.7 Å². The number of aromatic nitrogens is 2. The highest BCUT2D eigenvalue weighted by molar-refractivity contribution is 5.92. The maximum atomic E-state index is 12.4. The molecule has 1 fully saturated rings. The number of likely N-dealkylation sites (tertiary alicyclic amines) is 1. The molecule has 1 saturated heterocycles. The van der Waals surface area contributed by atoms with Crippen LogP contribution in [0.4, 0.5) is 0 Å². The first-order valence-corrected chi connectivity index (χ1v) is 7.10. The second-order valence-electron chi connectivity index (χ2n) is 5.68. The van der Waals surface area contributed by atoms with Gasteiger partial charge in [-0.3, -0.25) is 9.48 Å². The van der Waals surface area contributed by atoms with Gasteiger partial charge in [0.05, 0.1) is 12.7 Å². The van der Waals surface area contributed by atoms with Crippen LogP contribution in [-0.2, 0) is 7.05 Å². The molecule has 2 N–H and O–H groups in total. The van der Waals surface area contributed by atoms with Gasteiger partial charge in [-0.25, -0.2) is 0 Å². The lowest BCUT2D eigenvalue weighted by molar-refractivity contribution is -0.0721. The van der Waals surface area contributed by atoms with Crippen LogP contribution in [0.15, 0.2) is 12.3 Å². The zero-order valence-electron chi connectivity index (χ0n) is 12.1. The smallest absolute Gasteiger partial charge is 0.274 e. The highest BCUT2D eigenvalue weighted by Gasteiger charge is 2.43. The molecular weight excluding hydrogens is 258 g/mol. The standard InChI is InChI=1S/C14H23N3O3/c1-3-6-14(10-18)9-17(8-5-12(14)19)13(20)11-4-7-16(2)15-11/h4,7,12,18-19H,3,5-6,8-10H2,1-2H3/t12-,14+/m1/s1. The summed E-state index contributed by atoms with van der Waals surface area (Å²) >= 11 is 0. The molecule has 0 bridgehead atoms. The van der Waals surface area contributed by atoms with Crippen LogP contribution in [0, 0.1) is 5.41 Å². The Bertz CT molecular complexity index is 474. The number of aliphatic hydroxyl groups excluding tert-OH is 2. The van der Waals surface area contributed by atoms with Crippen molar-refractivity contribution in [2.24, 2.45) is 12.5 Å². The van der Waals surface area contributed by atoms with E-state index in [2.05, 4.69) is 5.10 Å². The molecule has 112 valence electrons. The Balaban J connectivity index is 2.16. The highest BCUT2D eigenvalue weighted by Crippen LogP contribution is 2.35. The Kier molecular flexibility index (Phi) is 4.45. The van der Waals surface area contributed by atoms with Gasteiger partial charge in [0.25, 0.3) is 5.91 Å². The molecule has 0 aromatic carbocycles. The Morgan fingerprint density at radius 1 is 1.60 bits per heavy atom. The van der Waals surface area contributed by atoms with Gasteiger partial charge in [-0.2, -0.15) is 5.10 Å². The Morgan fingerprint density at radius 2 is 2.35 bits per heavy atom. The summed E-state index contributed by atoms with van der Waals surface area (Å²) in [5.74, 6) is -0.133. The van der Waals surface area contributed by atoms with Gasteiger partial charge >= 0.3 is 0 Å². The second-order valence-corrected chi connectivity index (χ2v) is 5.68. The molecule has 2 rings (SSSR count). The van der Waals surface area contributed by atoms with E-state index in [4.69, 9.17) is 0 Å². The zero-order valence-corrected chi connectivity index (χ0v) is 12.1. The summed E-state index contributed by atoms with van der Waals surface area (Å²) in [5.41, 5.74) is -0.190. The Morgan fingerprint density at radius 3 is 2.90 bits per heavy atom. The predicted molar refractivity (Wildman–Crippen MR) is 74.2 cm³/mol. The molecule has 6 nitrogen and oxygen atoms in total. The first-order chi connectivity index (χ1) is 9.52. The van der Waals surface area contributed by atoms with E-state index in [0.29, 0.717) is 31.6 Å². The second kappa shape index (κ2) is 5.93. The Hall–Kier alpha value is -1.40. The molecular formula is C14H23N3O3. The molecule has 0 aliphatic carbocycles. The van der Waals surface area contributed by atoms with Crippen molar-refractivity contribution in [2.75, 3.05) is 19.7 Å². The van der Waals surface area contributed by atoms with Crippen molar-refractivity contribution < 1.29 is 15.0 Å². The SMILES string of the molecule is CCC[C@@]1(CO)CN(C(=O)c2ccn(C)n2)CC[C@H]1O. The summed E-state index contributed by atoms with van der Waals surface area (Å²) < 4.78 is 1.59. The first kappa shape index (κ1) is 15.0. The van der Waals surface area contributed by atoms with Gasteiger partial charge in [0.15, 0.2) is 0 Å². The number of piperidine rings is 1. The maximum Gasteiger partial charge on any atom is 0.274 e. The van der Waals surface area contributed by atoms with Gasteiger partial charge in [0, 0.05) is 31.7 Å².